The fourth-order valence-corrected chi connectivity index (χ4v) is 4.26. The normalized spacial score (nSPS) is 23.9. The lowest BCUT2D eigenvalue weighted by Crippen LogP contribution is -2.45. The van der Waals surface area contributed by atoms with Gasteiger partial charge in [-0.2, -0.15) is 0 Å². The van der Waals surface area contributed by atoms with E-state index in [2.05, 4.69) is 13.8 Å². The Morgan fingerprint density at radius 3 is 2.70 bits per heavy atom. The zero-order valence-electron chi connectivity index (χ0n) is 11.7. The maximum atomic E-state index is 12.3. The molecule has 2 unspecified atom stereocenters. The molecular weight excluding hydrogens is 296 g/mol. The molecule has 1 aromatic rings. The van der Waals surface area contributed by atoms with Gasteiger partial charge in [-0.25, -0.2) is 13.6 Å². The molecule has 2 heterocycles. The number of likely N-dealkylation sites (tertiary alicyclic amines) is 1. The fourth-order valence-electron chi connectivity index (χ4n) is 2.49. The summed E-state index contributed by atoms with van der Waals surface area (Å²) in [5.41, 5.74) is 0. The number of primary sulfonamides is 1. The number of rotatable bonds is 3. The van der Waals surface area contributed by atoms with Crippen LogP contribution in [0.15, 0.2) is 16.3 Å². The van der Waals surface area contributed by atoms with Crippen molar-refractivity contribution in [1.82, 2.24) is 4.90 Å². The molecule has 0 radical (unpaired) electrons. The molecule has 0 aliphatic carbocycles. The van der Waals surface area contributed by atoms with Crippen LogP contribution in [-0.4, -0.2) is 31.8 Å². The summed E-state index contributed by atoms with van der Waals surface area (Å²) in [4.78, 5) is 15.0. The first-order valence-electron chi connectivity index (χ1n) is 6.68. The van der Waals surface area contributed by atoms with Crippen molar-refractivity contribution in [2.24, 2.45) is 11.1 Å². The molecule has 0 spiro atoms. The van der Waals surface area contributed by atoms with E-state index in [1.807, 2.05) is 4.90 Å². The molecule has 0 bridgehead atoms. The summed E-state index contributed by atoms with van der Waals surface area (Å²) in [5.74, 6) is 0.588. The molecule has 1 aliphatic rings. The van der Waals surface area contributed by atoms with Crippen LogP contribution >= 0.6 is 11.3 Å². The van der Waals surface area contributed by atoms with Gasteiger partial charge in [0, 0.05) is 17.5 Å². The van der Waals surface area contributed by atoms with Crippen LogP contribution in [0.5, 0.6) is 0 Å². The molecule has 2 atom stereocenters. The number of hydrogen-bond acceptors (Lipinski definition) is 4. The van der Waals surface area contributed by atoms with Gasteiger partial charge in [-0.1, -0.05) is 6.92 Å². The molecular formula is C13H20N2O3S2. The van der Waals surface area contributed by atoms with Crippen LogP contribution < -0.4 is 5.14 Å². The smallest absolute Gasteiger partial charge is 0.247 e. The molecule has 20 heavy (non-hydrogen) atoms. The Balaban J connectivity index is 2.06. The van der Waals surface area contributed by atoms with Gasteiger partial charge in [-0.15, -0.1) is 11.3 Å². The molecule has 1 aromatic heterocycles. The van der Waals surface area contributed by atoms with Gasteiger partial charge in [0.15, 0.2) is 0 Å². The van der Waals surface area contributed by atoms with E-state index in [-0.39, 0.29) is 22.6 Å². The van der Waals surface area contributed by atoms with Gasteiger partial charge in [0.2, 0.25) is 15.9 Å². The average Bonchev–Trinajstić information content (AvgIpc) is 2.80. The number of carbonyl (C=O) groups excluding carboxylic acids is 1. The van der Waals surface area contributed by atoms with Gasteiger partial charge in [0.05, 0.1) is 6.42 Å². The molecule has 1 fully saturated rings. The van der Waals surface area contributed by atoms with Gasteiger partial charge in [-0.3, -0.25) is 4.79 Å². The maximum absolute atomic E-state index is 12.3. The number of amides is 1. The highest BCUT2D eigenvalue weighted by Crippen LogP contribution is 2.25. The lowest BCUT2D eigenvalue weighted by Gasteiger charge is -2.36. The monoisotopic (exact) mass is 316 g/mol. The number of hydrogen-bond donors (Lipinski definition) is 1. The summed E-state index contributed by atoms with van der Waals surface area (Å²) in [6, 6.07) is 3.39. The van der Waals surface area contributed by atoms with Crippen LogP contribution in [0.1, 0.15) is 31.6 Å². The van der Waals surface area contributed by atoms with E-state index in [9.17, 15) is 13.2 Å². The number of carbonyl (C=O) groups is 1. The summed E-state index contributed by atoms with van der Waals surface area (Å²) in [6.07, 6.45) is 2.43. The lowest BCUT2D eigenvalue weighted by molar-refractivity contribution is -0.134. The van der Waals surface area contributed by atoms with Crippen LogP contribution in [-0.2, 0) is 21.2 Å². The van der Waals surface area contributed by atoms with Crippen molar-refractivity contribution in [3.63, 3.8) is 0 Å². The Hall–Kier alpha value is -0.920. The highest BCUT2D eigenvalue weighted by atomic mass is 32.2. The van der Waals surface area contributed by atoms with Gasteiger partial charge in [0.1, 0.15) is 4.21 Å². The quantitative estimate of drug-likeness (QED) is 0.919. The second kappa shape index (κ2) is 5.83. The van der Waals surface area contributed by atoms with Crippen molar-refractivity contribution in [2.45, 2.75) is 43.4 Å². The minimum Gasteiger partial charge on any atom is -0.339 e. The van der Waals surface area contributed by atoms with Gasteiger partial charge < -0.3 is 4.90 Å². The van der Waals surface area contributed by atoms with Gasteiger partial charge in [-0.05, 0) is 37.8 Å². The van der Waals surface area contributed by atoms with E-state index in [1.54, 1.807) is 6.07 Å². The summed E-state index contributed by atoms with van der Waals surface area (Å²) in [5, 5.41) is 5.07. The van der Waals surface area contributed by atoms with Crippen molar-refractivity contribution >= 4 is 27.3 Å². The summed E-state index contributed by atoms with van der Waals surface area (Å²) >= 11 is 1.07. The van der Waals surface area contributed by atoms with Crippen molar-refractivity contribution in [3.8, 4) is 0 Å². The number of nitrogens with two attached hydrogens (primary N) is 1. The van der Waals surface area contributed by atoms with Crippen molar-refractivity contribution in [3.05, 3.63) is 17.0 Å². The van der Waals surface area contributed by atoms with E-state index in [0.29, 0.717) is 5.92 Å². The Kier molecular flexibility index (Phi) is 4.51. The summed E-state index contributed by atoms with van der Waals surface area (Å²) in [7, 11) is -3.67. The summed E-state index contributed by atoms with van der Waals surface area (Å²) in [6.45, 7) is 5.00. The molecule has 1 saturated heterocycles. The Bertz CT molecular complexity index is 595. The van der Waals surface area contributed by atoms with Crippen molar-refractivity contribution in [2.75, 3.05) is 6.54 Å². The van der Waals surface area contributed by atoms with E-state index < -0.39 is 10.0 Å². The Morgan fingerprint density at radius 2 is 2.10 bits per heavy atom. The van der Waals surface area contributed by atoms with E-state index in [0.717, 1.165) is 35.6 Å². The van der Waals surface area contributed by atoms with Crippen molar-refractivity contribution in [1.29, 1.82) is 0 Å². The highest BCUT2D eigenvalue weighted by Gasteiger charge is 2.27. The standard InChI is InChI=1S/C13H20N2O3S2/c1-9-3-4-10(2)15(8-9)12(16)7-11-5-6-13(19-11)20(14,17)18/h5-6,9-10H,3-4,7-8H2,1-2H3,(H2,14,17,18). The highest BCUT2D eigenvalue weighted by molar-refractivity contribution is 7.91. The first kappa shape index (κ1) is 15.5. The number of piperidine rings is 1. The third-order valence-corrected chi connectivity index (χ3v) is 6.20. The predicted octanol–water partition coefficient (Wildman–Crippen LogP) is 1.59. The predicted molar refractivity (Wildman–Crippen MR) is 79.0 cm³/mol. The number of thiophene rings is 1. The molecule has 2 rings (SSSR count). The van der Waals surface area contributed by atoms with E-state index in [1.165, 1.54) is 6.07 Å². The molecule has 2 N–H and O–H groups in total. The lowest BCUT2D eigenvalue weighted by atomic mass is 9.95. The first-order valence-corrected chi connectivity index (χ1v) is 9.04. The second-order valence-corrected chi connectivity index (χ2v) is 8.48. The van der Waals surface area contributed by atoms with Crippen LogP contribution in [0, 0.1) is 5.92 Å². The molecule has 7 heteroatoms. The molecule has 0 aromatic carbocycles. The topological polar surface area (TPSA) is 80.5 Å². The Morgan fingerprint density at radius 1 is 1.40 bits per heavy atom. The largest absolute Gasteiger partial charge is 0.339 e. The third-order valence-electron chi connectivity index (χ3n) is 3.68. The minimum atomic E-state index is -3.67. The van der Waals surface area contributed by atoms with Crippen LogP contribution in [0.25, 0.3) is 0 Å². The zero-order chi connectivity index (χ0) is 14.9. The Labute approximate surface area is 123 Å². The molecule has 0 saturated carbocycles. The van der Waals surface area contributed by atoms with Crippen LogP contribution in [0.3, 0.4) is 0 Å². The number of nitrogens with zero attached hydrogens (tertiary/aromatic N) is 1. The van der Waals surface area contributed by atoms with Crippen LogP contribution in [0.4, 0.5) is 0 Å². The zero-order valence-corrected chi connectivity index (χ0v) is 13.3. The average molecular weight is 316 g/mol. The molecule has 5 nitrogen and oxygen atoms in total. The maximum Gasteiger partial charge on any atom is 0.247 e. The SMILES string of the molecule is CC1CCC(C)N(C(=O)Cc2ccc(S(N)(=O)=O)s2)C1. The van der Waals surface area contributed by atoms with Gasteiger partial charge in [0.25, 0.3) is 0 Å². The molecule has 1 aliphatic heterocycles. The number of sulfonamides is 1. The molecule has 1 amide bonds. The third kappa shape index (κ3) is 3.59. The first-order chi connectivity index (χ1) is 9.27. The minimum absolute atomic E-state index is 0.0619. The summed E-state index contributed by atoms with van der Waals surface area (Å²) < 4.78 is 22.6. The van der Waals surface area contributed by atoms with E-state index in [4.69, 9.17) is 5.14 Å². The van der Waals surface area contributed by atoms with Gasteiger partial charge >= 0.3 is 0 Å². The van der Waals surface area contributed by atoms with Crippen LogP contribution in [0.2, 0.25) is 0 Å². The molecule has 112 valence electrons. The second-order valence-electron chi connectivity index (χ2n) is 5.52. The van der Waals surface area contributed by atoms with Crippen molar-refractivity contribution < 1.29 is 13.2 Å². The van der Waals surface area contributed by atoms with E-state index >= 15 is 0 Å². The fraction of sp³-hybridized carbons (Fsp3) is 0.615.